The van der Waals surface area contributed by atoms with Gasteiger partial charge in [-0.2, -0.15) is 0 Å². The van der Waals surface area contributed by atoms with Gasteiger partial charge in [0.25, 0.3) is 0 Å². The number of benzene rings is 2. The van der Waals surface area contributed by atoms with Crippen LogP contribution in [0.3, 0.4) is 0 Å². The molecule has 0 amide bonds. The van der Waals surface area contributed by atoms with Crippen molar-refractivity contribution in [3.8, 4) is 0 Å². The highest BCUT2D eigenvalue weighted by Gasteiger charge is 2.16. The summed E-state index contributed by atoms with van der Waals surface area (Å²) in [5.41, 5.74) is 3.72. The number of rotatable bonds is 3. The van der Waals surface area contributed by atoms with Crippen molar-refractivity contribution in [1.82, 2.24) is 0 Å². The van der Waals surface area contributed by atoms with Gasteiger partial charge in [0.15, 0.2) is 0 Å². The number of hydrogen-bond acceptors (Lipinski definition) is 2. The summed E-state index contributed by atoms with van der Waals surface area (Å²) in [6, 6.07) is 10.6. The molecule has 0 aromatic heterocycles. The summed E-state index contributed by atoms with van der Waals surface area (Å²) >= 11 is 0. The van der Waals surface area contributed by atoms with Gasteiger partial charge in [0.2, 0.25) is 0 Å². The molecule has 0 spiro atoms. The summed E-state index contributed by atoms with van der Waals surface area (Å²) in [6.45, 7) is 4.08. The monoisotopic (exact) mass is 280 g/mol. The summed E-state index contributed by atoms with van der Waals surface area (Å²) in [5, 5.41) is 2.40. The molecule has 0 radical (unpaired) electrons. The van der Waals surface area contributed by atoms with Crippen LogP contribution < -0.4 is 0 Å². The Morgan fingerprint density at radius 3 is 2.90 bits per heavy atom. The minimum atomic E-state index is -0.142. The Bertz CT molecular complexity index is 711. The summed E-state index contributed by atoms with van der Waals surface area (Å²) in [5.74, 6) is -0.234. The standard InChI is InChI=1S/C19H20O2/c1-13(2)19(20)21-12-18-16-9-5-3-7-14(16)11-15-8-4-6-10-17(15)18/h3,5-7,9-11,13H,4,8,12H2,1-2H3. The zero-order chi connectivity index (χ0) is 14.8. The molecule has 3 rings (SSSR count). The lowest BCUT2D eigenvalue weighted by Crippen LogP contribution is -2.12. The van der Waals surface area contributed by atoms with E-state index >= 15 is 0 Å². The van der Waals surface area contributed by atoms with Crippen LogP contribution >= 0.6 is 0 Å². The number of hydrogen-bond donors (Lipinski definition) is 0. The number of fused-ring (bicyclic) bond motifs is 2. The van der Waals surface area contributed by atoms with E-state index < -0.39 is 0 Å². The molecular weight excluding hydrogens is 260 g/mol. The lowest BCUT2D eigenvalue weighted by Gasteiger charge is -2.18. The van der Waals surface area contributed by atoms with Crippen molar-refractivity contribution in [2.24, 2.45) is 5.92 Å². The van der Waals surface area contributed by atoms with Gasteiger partial charge in [-0.1, -0.05) is 56.3 Å². The highest BCUT2D eigenvalue weighted by Crippen LogP contribution is 2.31. The lowest BCUT2D eigenvalue weighted by molar-refractivity contribution is -0.148. The van der Waals surface area contributed by atoms with Crippen LogP contribution in [-0.2, 0) is 22.6 Å². The van der Waals surface area contributed by atoms with E-state index in [9.17, 15) is 4.79 Å². The predicted molar refractivity (Wildman–Crippen MR) is 85.9 cm³/mol. The van der Waals surface area contributed by atoms with Crippen molar-refractivity contribution in [2.45, 2.75) is 33.3 Å². The van der Waals surface area contributed by atoms with Crippen molar-refractivity contribution in [1.29, 1.82) is 0 Å². The Balaban J connectivity index is 2.06. The van der Waals surface area contributed by atoms with E-state index in [0.29, 0.717) is 6.61 Å². The Labute approximate surface area is 125 Å². The van der Waals surface area contributed by atoms with Gasteiger partial charge in [-0.25, -0.2) is 0 Å². The van der Waals surface area contributed by atoms with Crippen LogP contribution in [0.2, 0.25) is 0 Å². The van der Waals surface area contributed by atoms with Gasteiger partial charge in [0.1, 0.15) is 6.61 Å². The molecule has 1 aliphatic carbocycles. The molecule has 108 valence electrons. The van der Waals surface area contributed by atoms with E-state index in [-0.39, 0.29) is 11.9 Å². The van der Waals surface area contributed by atoms with Crippen LogP contribution in [0.4, 0.5) is 0 Å². The molecule has 0 bridgehead atoms. The maximum atomic E-state index is 11.8. The first-order valence-electron chi connectivity index (χ1n) is 7.53. The molecule has 0 fully saturated rings. The van der Waals surface area contributed by atoms with Crippen LogP contribution in [-0.4, -0.2) is 5.97 Å². The smallest absolute Gasteiger partial charge is 0.308 e. The zero-order valence-corrected chi connectivity index (χ0v) is 12.6. The van der Waals surface area contributed by atoms with Gasteiger partial charge < -0.3 is 4.74 Å². The molecule has 0 saturated heterocycles. The second-order valence-electron chi connectivity index (χ2n) is 5.85. The molecule has 0 unspecified atom stereocenters. The minimum Gasteiger partial charge on any atom is -0.461 e. The molecule has 1 aliphatic rings. The second-order valence-corrected chi connectivity index (χ2v) is 5.85. The second kappa shape index (κ2) is 5.72. The van der Waals surface area contributed by atoms with E-state index in [4.69, 9.17) is 4.74 Å². The molecular formula is C19H20O2. The summed E-state index contributed by atoms with van der Waals surface area (Å²) in [4.78, 5) is 11.8. The molecule has 2 aromatic rings. The Morgan fingerprint density at radius 2 is 2.10 bits per heavy atom. The van der Waals surface area contributed by atoms with Crippen molar-refractivity contribution in [2.75, 3.05) is 0 Å². The van der Waals surface area contributed by atoms with E-state index in [2.05, 4.69) is 36.4 Å². The molecule has 0 N–H and O–H groups in total. The molecule has 21 heavy (non-hydrogen) atoms. The van der Waals surface area contributed by atoms with Crippen molar-refractivity contribution in [3.63, 3.8) is 0 Å². The minimum absolute atomic E-state index is 0.0913. The topological polar surface area (TPSA) is 26.3 Å². The molecule has 2 heteroatoms. The first-order valence-corrected chi connectivity index (χ1v) is 7.53. The molecule has 2 nitrogen and oxygen atoms in total. The number of allylic oxidation sites excluding steroid dienone is 1. The van der Waals surface area contributed by atoms with E-state index in [1.165, 1.54) is 21.9 Å². The quantitative estimate of drug-likeness (QED) is 0.774. The van der Waals surface area contributed by atoms with Crippen molar-refractivity contribution < 1.29 is 9.53 Å². The summed E-state index contributed by atoms with van der Waals surface area (Å²) < 4.78 is 5.49. The van der Waals surface area contributed by atoms with Gasteiger partial charge in [-0.15, -0.1) is 0 Å². The SMILES string of the molecule is CC(C)C(=O)OCc1c2c(cc3ccccc13)CCC=C2. The van der Waals surface area contributed by atoms with Crippen molar-refractivity contribution >= 4 is 22.8 Å². The average Bonchev–Trinajstić information content (AvgIpc) is 2.51. The van der Waals surface area contributed by atoms with Crippen LogP contribution in [0.15, 0.2) is 36.4 Å². The fraction of sp³-hybridized carbons (Fsp3) is 0.316. The molecule has 0 heterocycles. The molecule has 2 aromatic carbocycles. The zero-order valence-electron chi connectivity index (χ0n) is 12.6. The van der Waals surface area contributed by atoms with Crippen LogP contribution in [0.25, 0.3) is 16.8 Å². The summed E-state index contributed by atoms with van der Waals surface area (Å²) in [7, 11) is 0. The predicted octanol–water partition coefficient (Wildman–Crippen LogP) is 4.50. The summed E-state index contributed by atoms with van der Waals surface area (Å²) in [6.07, 6.45) is 6.51. The number of aryl methyl sites for hydroxylation is 1. The van der Waals surface area contributed by atoms with Gasteiger partial charge in [0, 0.05) is 5.56 Å². The van der Waals surface area contributed by atoms with Gasteiger partial charge in [-0.05, 0) is 34.7 Å². The van der Waals surface area contributed by atoms with Crippen LogP contribution in [0.1, 0.15) is 37.0 Å². The Kier molecular flexibility index (Phi) is 3.78. The van der Waals surface area contributed by atoms with E-state index in [1.54, 1.807) is 0 Å². The molecule has 0 aliphatic heterocycles. The fourth-order valence-electron chi connectivity index (χ4n) is 2.82. The highest BCUT2D eigenvalue weighted by molar-refractivity contribution is 5.90. The third-order valence-electron chi connectivity index (χ3n) is 3.98. The van der Waals surface area contributed by atoms with Crippen LogP contribution in [0, 0.1) is 5.92 Å². The maximum Gasteiger partial charge on any atom is 0.308 e. The Hall–Kier alpha value is -2.09. The van der Waals surface area contributed by atoms with Crippen LogP contribution in [0.5, 0.6) is 0 Å². The average molecular weight is 280 g/mol. The van der Waals surface area contributed by atoms with E-state index in [0.717, 1.165) is 18.4 Å². The number of esters is 1. The van der Waals surface area contributed by atoms with Crippen molar-refractivity contribution in [3.05, 3.63) is 53.1 Å². The van der Waals surface area contributed by atoms with E-state index in [1.807, 2.05) is 19.9 Å². The Morgan fingerprint density at radius 1 is 1.29 bits per heavy atom. The number of carbonyl (C=O) groups excluding carboxylic acids is 1. The fourth-order valence-corrected chi connectivity index (χ4v) is 2.82. The number of ether oxygens (including phenoxy) is 1. The largest absolute Gasteiger partial charge is 0.461 e. The first kappa shape index (κ1) is 13.9. The highest BCUT2D eigenvalue weighted by atomic mass is 16.5. The maximum absolute atomic E-state index is 11.8. The number of carbonyl (C=O) groups is 1. The van der Waals surface area contributed by atoms with Gasteiger partial charge in [-0.3, -0.25) is 4.79 Å². The van der Waals surface area contributed by atoms with Gasteiger partial charge in [0.05, 0.1) is 5.92 Å². The van der Waals surface area contributed by atoms with Gasteiger partial charge >= 0.3 is 5.97 Å². The lowest BCUT2D eigenvalue weighted by atomic mass is 9.89. The molecule has 0 atom stereocenters. The molecule has 0 saturated carbocycles. The third kappa shape index (κ3) is 2.71. The third-order valence-corrected chi connectivity index (χ3v) is 3.98. The first-order chi connectivity index (χ1) is 10.2. The normalized spacial score (nSPS) is 13.5.